The Bertz CT molecular complexity index is 612. The lowest BCUT2D eigenvalue weighted by atomic mass is 9.94. The van der Waals surface area contributed by atoms with E-state index in [1.165, 1.54) is 0 Å². The predicted molar refractivity (Wildman–Crippen MR) is 83.3 cm³/mol. The molecule has 104 valence electrons. The van der Waals surface area contributed by atoms with Gasteiger partial charge in [-0.2, -0.15) is 0 Å². The number of hydrogen-bond donors (Lipinski definition) is 1. The number of carbonyl (C=O) groups is 1. The topological polar surface area (TPSA) is 29.1 Å². The highest BCUT2D eigenvalue weighted by molar-refractivity contribution is 6.20. The first-order valence-electron chi connectivity index (χ1n) is 7.17. The summed E-state index contributed by atoms with van der Waals surface area (Å²) in [7, 11) is 0. The lowest BCUT2D eigenvalue weighted by Gasteiger charge is -2.26. The summed E-state index contributed by atoms with van der Waals surface area (Å²) >= 11 is 6.10. The van der Waals surface area contributed by atoms with Crippen molar-refractivity contribution in [3.63, 3.8) is 0 Å². The first-order chi connectivity index (χ1) is 9.74. The molecular weight excluding hydrogens is 270 g/mol. The van der Waals surface area contributed by atoms with E-state index in [0.717, 1.165) is 42.0 Å². The van der Waals surface area contributed by atoms with E-state index >= 15 is 0 Å². The Hall–Kier alpha value is -1.54. The van der Waals surface area contributed by atoms with Crippen molar-refractivity contribution in [3.8, 4) is 0 Å². The summed E-state index contributed by atoms with van der Waals surface area (Å²) in [5.74, 6) is 0.0276. The van der Waals surface area contributed by atoms with Gasteiger partial charge >= 0.3 is 0 Å². The van der Waals surface area contributed by atoms with Crippen molar-refractivity contribution < 1.29 is 4.79 Å². The number of rotatable bonds is 2. The summed E-state index contributed by atoms with van der Waals surface area (Å²) in [6.45, 7) is 0. The third-order valence-electron chi connectivity index (χ3n) is 4.03. The lowest BCUT2D eigenvalue weighted by molar-refractivity contribution is 0.0929. The second-order valence-corrected chi connectivity index (χ2v) is 6.07. The van der Waals surface area contributed by atoms with E-state index < -0.39 is 0 Å². The van der Waals surface area contributed by atoms with Crippen LogP contribution in [0.25, 0.3) is 10.8 Å². The minimum Gasteiger partial charge on any atom is -0.349 e. The van der Waals surface area contributed by atoms with Gasteiger partial charge in [-0.25, -0.2) is 0 Å². The molecule has 1 amide bonds. The predicted octanol–water partition coefficient (Wildman–Crippen LogP) is 4.12. The molecule has 1 saturated carbocycles. The first-order valence-corrected chi connectivity index (χ1v) is 7.60. The van der Waals surface area contributed by atoms with Crippen LogP contribution >= 0.6 is 11.6 Å². The Morgan fingerprint density at radius 2 is 1.70 bits per heavy atom. The minimum atomic E-state index is 0.0276. The summed E-state index contributed by atoms with van der Waals surface area (Å²) in [4.78, 5) is 12.5. The van der Waals surface area contributed by atoms with Crippen LogP contribution in [0.4, 0.5) is 0 Å². The molecular formula is C17H18ClNO. The van der Waals surface area contributed by atoms with Gasteiger partial charge in [0.2, 0.25) is 0 Å². The zero-order chi connectivity index (χ0) is 13.9. The second kappa shape index (κ2) is 5.84. The van der Waals surface area contributed by atoms with E-state index in [9.17, 15) is 4.79 Å². The molecule has 20 heavy (non-hydrogen) atoms. The summed E-state index contributed by atoms with van der Waals surface area (Å²) in [5, 5.41) is 5.54. The van der Waals surface area contributed by atoms with Crippen LogP contribution in [-0.4, -0.2) is 17.3 Å². The Labute approximate surface area is 124 Å². The molecule has 0 spiro atoms. The third kappa shape index (κ3) is 2.80. The number of halogens is 1. The molecule has 1 fully saturated rings. The maximum atomic E-state index is 12.5. The third-order valence-corrected chi connectivity index (χ3v) is 4.46. The van der Waals surface area contributed by atoms with Gasteiger partial charge < -0.3 is 5.32 Å². The SMILES string of the molecule is O=C(NC1CCC(Cl)CC1)c1cccc2ccccc12. The smallest absolute Gasteiger partial charge is 0.252 e. The second-order valence-electron chi connectivity index (χ2n) is 5.45. The number of hydrogen-bond acceptors (Lipinski definition) is 1. The van der Waals surface area contributed by atoms with Crippen molar-refractivity contribution in [2.75, 3.05) is 0 Å². The highest BCUT2D eigenvalue weighted by Gasteiger charge is 2.21. The van der Waals surface area contributed by atoms with Crippen LogP contribution in [0.3, 0.4) is 0 Å². The maximum Gasteiger partial charge on any atom is 0.252 e. The molecule has 0 saturated heterocycles. The van der Waals surface area contributed by atoms with Crippen LogP contribution in [0, 0.1) is 0 Å². The quantitative estimate of drug-likeness (QED) is 0.827. The summed E-state index contributed by atoms with van der Waals surface area (Å²) in [5.41, 5.74) is 0.760. The van der Waals surface area contributed by atoms with Gasteiger partial charge in [-0.1, -0.05) is 36.4 Å². The van der Waals surface area contributed by atoms with Crippen molar-refractivity contribution in [3.05, 3.63) is 48.0 Å². The summed E-state index contributed by atoms with van der Waals surface area (Å²) < 4.78 is 0. The molecule has 0 heterocycles. The maximum absolute atomic E-state index is 12.5. The van der Waals surface area contributed by atoms with E-state index in [4.69, 9.17) is 11.6 Å². The molecule has 3 rings (SSSR count). The van der Waals surface area contributed by atoms with Crippen molar-refractivity contribution >= 4 is 28.3 Å². The minimum absolute atomic E-state index is 0.0276. The number of nitrogens with one attached hydrogen (secondary N) is 1. The van der Waals surface area contributed by atoms with Crippen molar-refractivity contribution in [2.45, 2.75) is 37.1 Å². The van der Waals surface area contributed by atoms with Gasteiger partial charge in [0.25, 0.3) is 5.91 Å². The van der Waals surface area contributed by atoms with E-state index in [1.54, 1.807) is 0 Å². The number of carbonyl (C=O) groups excluding carboxylic acids is 1. The Balaban J connectivity index is 1.79. The summed E-state index contributed by atoms with van der Waals surface area (Å²) in [6.07, 6.45) is 3.93. The molecule has 2 nitrogen and oxygen atoms in total. The van der Waals surface area contributed by atoms with E-state index in [-0.39, 0.29) is 17.3 Å². The van der Waals surface area contributed by atoms with Gasteiger partial charge in [0.1, 0.15) is 0 Å². The molecule has 3 heteroatoms. The average molecular weight is 288 g/mol. The van der Waals surface area contributed by atoms with Gasteiger partial charge in [0.15, 0.2) is 0 Å². The van der Waals surface area contributed by atoms with Crippen LogP contribution in [0.5, 0.6) is 0 Å². The van der Waals surface area contributed by atoms with Crippen LogP contribution in [0.2, 0.25) is 0 Å². The van der Waals surface area contributed by atoms with Crippen molar-refractivity contribution in [1.29, 1.82) is 0 Å². The van der Waals surface area contributed by atoms with Crippen LogP contribution < -0.4 is 5.32 Å². The number of benzene rings is 2. The molecule has 2 aromatic rings. The molecule has 0 atom stereocenters. The van der Waals surface area contributed by atoms with Gasteiger partial charge in [0, 0.05) is 17.0 Å². The zero-order valence-corrected chi connectivity index (χ0v) is 12.1. The molecule has 0 radical (unpaired) electrons. The molecule has 0 aromatic heterocycles. The van der Waals surface area contributed by atoms with E-state index in [2.05, 4.69) is 5.32 Å². The van der Waals surface area contributed by atoms with E-state index in [0.29, 0.717) is 0 Å². The van der Waals surface area contributed by atoms with Gasteiger partial charge in [0.05, 0.1) is 0 Å². The molecule has 0 unspecified atom stereocenters. The fourth-order valence-electron chi connectivity index (χ4n) is 2.88. The highest BCUT2D eigenvalue weighted by atomic mass is 35.5. The number of amides is 1. The number of alkyl halides is 1. The number of fused-ring (bicyclic) bond motifs is 1. The Morgan fingerprint density at radius 3 is 2.50 bits per heavy atom. The average Bonchev–Trinajstić information content (AvgIpc) is 2.49. The molecule has 0 bridgehead atoms. The molecule has 1 aliphatic rings. The van der Waals surface area contributed by atoms with Crippen molar-refractivity contribution in [1.82, 2.24) is 5.32 Å². The molecule has 0 aliphatic heterocycles. The highest BCUT2D eigenvalue weighted by Crippen LogP contribution is 2.24. The van der Waals surface area contributed by atoms with Gasteiger partial charge in [-0.15, -0.1) is 11.6 Å². The first kappa shape index (κ1) is 13.4. The van der Waals surface area contributed by atoms with Crippen LogP contribution in [0.1, 0.15) is 36.0 Å². The largest absolute Gasteiger partial charge is 0.349 e. The van der Waals surface area contributed by atoms with E-state index in [1.807, 2.05) is 42.5 Å². The fraction of sp³-hybridized carbons (Fsp3) is 0.353. The molecule has 1 N–H and O–H groups in total. The molecule has 1 aliphatic carbocycles. The lowest BCUT2D eigenvalue weighted by Crippen LogP contribution is -2.37. The van der Waals surface area contributed by atoms with Gasteiger partial charge in [-0.3, -0.25) is 4.79 Å². The zero-order valence-electron chi connectivity index (χ0n) is 11.3. The van der Waals surface area contributed by atoms with Crippen LogP contribution in [-0.2, 0) is 0 Å². The molecule has 2 aromatic carbocycles. The monoisotopic (exact) mass is 287 g/mol. The fourth-order valence-corrected chi connectivity index (χ4v) is 3.14. The standard InChI is InChI=1S/C17H18ClNO/c18-13-8-10-14(11-9-13)19-17(20)16-7-3-5-12-4-1-2-6-15(12)16/h1-7,13-14H,8-11H2,(H,19,20). The van der Waals surface area contributed by atoms with Crippen LogP contribution in [0.15, 0.2) is 42.5 Å². The Kier molecular flexibility index (Phi) is 3.93. The summed E-state index contributed by atoms with van der Waals surface area (Å²) in [6, 6.07) is 14.1. The Morgan fingerprint density at radius 1 is 1.00 bits per heavy atom. The normalized spacial score (nSPS) is 22.6. The van der Waals surface area contributed by atoms with Gasteiger partial charge in [-0.05, 0) is 42.5 Å². The van der Waals surface area contributed by atoms with Crippen molar-refractivity contribution in [2.24, 2.45) is 0 Å².